The van der Waals surface area contributed by atoms with Gasteiger partial charge >= 0.3 is 5.97 Å². The number of hydrogen-bond acceptors (Lipinski definition) is 3. The molecular weight excluding hydrogens is 264 g/mol. The quantitative estimate of drug-likeness (QED) is 0.875. The smallest absolute Gasteiger partial charge is 0.304 e. The van der Waals surface area contributed by atoms with Crippen LogP contribution in [0.5, 0.6) is 0 Å². The highest BCUT2D eigenvalue weighted by molar-refractivity contribution is 5.66. The molecule has 4 nitrogen and oxygen atoms in total. The normalized spacial score (nSPS) is 14.6. The molecule has 0 bridgehead atoms. The van der Waals surface area contributed by atoms with Gasteiger partial charge in [-0.2, -0.15) is 0 Å². The van der Waals surface area contributed by atoms with Crippen molar-refractivity contribution in [3.8, 4) is 0 Å². The third kappa shape index (κ3) is 4.21. The van der Waals surface area contributed by atoms with E-state index < -0.39 is 5.97 Å². The van der Waals surface area contributed by atoms with Gasteiger partial charge in [-0.3, -0.25) is 9.69 Å². The summed E-state index contributed by atoms with van der Waals surface area (Å²) in [5.74, 6) is -0.729. The van der Waals surface area contributed by atoms with Crippen molar-refractivity contribution in [3.05, 3.63) is 29.3 Å². The fourth-order valence-corrected chi connectivity index (χ4v) is 2.93. The Hall–Kier alpha value is -1.55. The lowest BCUT2D eigenvalue weighted by atomic mass is 9.99. The van der Waals surface area contributed by atoms with Crippen molar-refractivity contribution >= 4 is 11.7 Å². The van der Waals surface area contributed by atoms with Crippen LogP contribution in [0.25, 0.3) is 0 Å². The number of carboxylic acids is 1. The molecule has 4 heteroatoms. The Bertz CT molecular complexity index is 500. The average molecular weight is 290 g/mol. The maximum Gasteiger partial charge on any atom is 0.304 e. The van der Waals surface area contributed by atoms with E-state index in [1.165, 1.54) is 23.2 Å². The van der Waals surface area contributed by atoms with Gasteiger partial charge in [0.2, 0.25) is 0 Å². The highest BCUT2D eigenvalue weighted by atomic mass is 16.4. The molecule has 0 amide bonds. The summed E-state index contributed by atoms with van der Waals surface area (Å²) >= 11 is 0. The Morgan fingerprint density at radius 3 is 2.86 bits per heavy atom. The van der Waals surface area contributed by atoms with Gasteiger partial charge in [0.1, 0.15) is 0 Å². The van der Waals surface area contributed by atoms with E-state index in [0.717, 1.165) is 19.5 Å². The van der Waals surface area contributed by atoms with Crippen molar-refractivity contribution < 1.29 is 9.90 Å². The van der Waals surface area contributed by atoms with Gasteiger partial charge in [-0.1, -0.05) is 12.1 Å². The molecule has 1 heterocycles. The summed E-state index contributed by atoms with van der Waals surface area (Å²) in [6.07, 6.45) is 2.55. The van der Waals surface area contributed by atoms with E-state index >= 15 is 0 Å². The lowest BCUT2D eigenvalue weighted by molar-refractivity contribution is -0.137. The van der Waals surface area contributed by atoms with E-state index in [2.05, 4.69) is 48.9 Å². The summed E-state index contributed by atoms with van der Waals surface area (Å²) in [5, 5.41) is 8.87. The number of fused-ring (bicyclic) bond motifs is 1. The van der Waals surface area contributed by atoms with Crippen LogP contribution in [-0.4, -0.2) is 42.2 Å². The van der Waals surface area contributed by atoms with E-state index in [4.69, 9.17) is 5.11 Å². The summed E-state index contributed by atoms with van der Waals surface area (Å²) in [6.45, 7) is 6.79. The number of aliphatic carboxylic acids is 1. The van der Waals surface area contributed by atoms with Gasteiger partial charge in [0.05, 0.1) is 6.42 Å². The zero-order chi connectivity index (χ0) is 15.4. The minimum atomic E-state index is -0.729. The van der Waals surface area contributed by atoms with Gasteiger partial charge in [-0.05, 0) is 43.9 Å². The van der Waals surface area contributed by atoms with Gasteiger partial charge in [0.15, 0.2) is 0 Å². The van der Waals surface area contributed by atoms with E-state index in [-0.39, 0.29) is 6.42 Å². The topological polar surface area (TPSA) is 43.8 Å². The second-order valence-electron chi connectivity index (χ2n) is 6.20. The molecule has 2 rings (SSSR count). The molecule has 0 radical (unpaired) electrons. The Morgan fingerprint density at radius 1 is 1.43 bits per heavy atom. The number of rotatable bonds is 6. The number of carboxylic acid groups (broad SMARTS) is 1. The minimum absolute atomic E-state index is 0.200. The van der Waals surface area contributed by atoms with Gasteiger partial charge in [0.25, 0.3) is 0 Å². The van der Waals surface area contributed by atoms with Gasteiger partial charge in [-0.15, -0.1) is 0 Å². The van der Waals surface area contributed by atoms with Crippen LogP contribution in [0.15, 0.2) is 18.2 Å². The lowest BCUT2D eigenvalue weighted by Gasteiger charge is -2.29. The third-order valence-electron chi connectivity index (χ3n) is 4.22. The summed E-state index contributed by atoms with van der Waals surface area (Å²) < 4.78 is 0. The minimum Gasteiger partial charge on any atom is -0.481 e. The molecule has 0 aliphatic carbocycles. The molecule has 1 aromatic carbocycles. The van der Waals surface area contributed by atoms with E-state index in [1.807, 2.05) is 0 Å². The predicted octanol–water partition coefficient (Wildman–Crippen LogP) is 2.75. The summed E-state index contributed by atoms with van der Waals surface area (Å²) in [4.78, 5) is 15.3. The molecule has 1 N–H and O–H groups in total. The number of aryl methyl sites for hydroxylation is 1. The number of anilines is 1. The zero-order valence-electron chi connectivity index (χ0n) is 13.3. The predicted molar refractivity (Wildman–Crippen MR) is 85.8 cm³/mol. The summed E-state index contributed by atoms with van der Waals surface area (Å²) in [5.41, 5.74) is 4.04. The molecule has 0 fully saturated rings. The van der Waals surface area contributed by atoms with Crippen LogP contribution in [0.3, 0.4) is 0 Å². The standard InChI is InChI=1S/C17H26N2O2/c1-13(2)19(10-8-17(20)21)12-14-6-7-16-15(11-14)5-4-9-18(16)3/h6-7,11,13H,4-5,8-10,12H2,1-3H3,(H,20,21). The monoisotopic (exact) mass is 290 g/mol. The van der Waals surface area contributed by atoms with Crippen LogP contribution in [0, 0.1) is 0 Å². The molecular formula is C17H26N2O2. The number of hydrogen-bond donors (Lipinski definition) is 1. The van der Waals surface area contributed by atoms with Crippen molar-refractivity contribution in [1.82, 2.24) is 4.90 Å². The van der Waals surface area contributed by atoms with Crippen LogP contribution in [0.4, 0.5) is 5.69 Å². The second-order valence-corrected chi connectivity index (χ2v) is 6.20. The first-order valence-electron chi connectivity index (χ1n) is 7.76. The molecule has 0 unspecified atom stereocenters. The zero-order valence-corrected chi connectivity index (χ0v) is 13.3. The first-order chi connectivity index (χ1) is 9.97. The van der Waals surface area contributed by atoms with Crippen molar-refractivity contribution in [2.75, 3.05) is 25.0 Å². The van der Waals surface area contributed by atoms with Gasteiger partial charge < -0.3 is 10.0 Å². The van der Waals surface area contributed by atoms with Crippen LogP contribution >= 0.6 is 0 Å². The molecule has 0 spiro atoms. The highest BCUT2D eigenvalue weighted by Gasteiger charge is 2.16. The van der Waals surface area contributed by atoms with E-state index in [9.17, 15) is 4.79 Å². The maximum absolute atomic E-state index is 10.8. The molecule has 1 aromatic rings. The highest BCUT2D eigenvalue weighted by Crippen LogP contribution is 2.27. The Morgan fingerprint density at radius 2 is 2.19 bits per heavy atom. The van der Waals surface area contributed by atoms with E-state index in [0.29, 0.717) is 12.6 Å². The summed E-state index contributed by atoms with van der Waals surface area (Å²) in [6, 6.07) is 7.03. The SMILES string of the molecule is CC(C)N(CCC(=O)O)Cc1ccc2c(c1)CCCN2C. The van der Waals surface area contributed by atoms with Crippen LogP contribution in [0.2, 0.25) is 0 Å². The Kier molecular flexibility index (Phi) is 5.23. The molecule has 0 saturated carbocycles. The average Bonchev–Trinajstić information content (AvgIpc) is 2.43. The van der Waals surface area contributed by atoms with Crippen molar-refractivity contribution in [2.24, 2.45) is 0 Å². The summed E-state index contributed by atoms with van der Waals surface area (Å²) in [7, 11) is 2.14. The molecule has 21 heavy (non-hydrogen) atoms. The fourth-order valence-electron chi connectivity index (χ4n) is 2.93. The molecule has 0 atom stereocenters. The number of nitrogens with zero attached hydrogens (tertiary/aromatic N) is 2. The second kappa shape index (κ2) is 6.94. The molecule has 1 aliphatic rings. The lowest BCUT2D eigenvalue weighted by Crippen LogP contribution is -2.32. The Balaban J connectivity index is 2.08. The van der Waals surface area contributed by atoms with Gasteiger partial charge in [0, 0.05) is 38.4 Å². The van der Waals surface area contributed by atoms with Crippen molar-refractivity contribution in [2.45, 2.75) is 45.7 Å². The Labute approximate surface area is 127 Å². The fraction of sp³-hybridized carbons (Fsp3) is 0.588. The molecule has 116 valence electrons. The van der Waals surface area contributed by atoms with Gasteiger partial charge in [-0.25, -0.2) is 0 Å². The van der Waals surface area contributed by atoms with Crippen LogP contribution < -0.4 is 4.90 Å². The van der Waals surface area contributed by atoms with Crippen molar-refractivity contribution in [3.63, 3.8) is 0 Å². The largest absolute Gasteiger partial charge is 0.481 e. The van der Waals surface area contributed by atoms with E-state index in [1.54, 1.807) is 0 Å². The number of carbonyl (C=O) groups is 1. The first kappa shape index (κ1) is 15.8. The van der Waals surface area contributed by atoms with Crippen LogP contribution in [-0.2, 0) is 17.8 Å². The van der Waals surface area contributed by atoms with Crippen LogP contribution in [0.1, 0.15) is 37.8 Å². The molecule has 0 aromatic heterocycles. The first-order valence-corrected chi connectivity index (χ1v) is 7.76. The maximum atomic E-state index is 10.8. The third-order valence-corrected chi connectivity index (χ3v) is 4.22. The number of benzene rings is 1. The molecule has 0 saturated heterocycles. The van der Waals surface area contributed by atoms with Crippen molar-refractivity contribution in [1.29, 1.82) is 0 Å². The molecule has 1 aliphatic heterocycles.